The Morgan fingerprint density at radius 3 is 2.60 bits per heavy atom. The third-order valence-corrected chi connectivity index (χ3v) is 2.76. The highest BCUT2D eigenvalue weighted by molar-refractivity contribution is 9.10. The molecule has 0 fully saturated rings. The van der Waals surface area contributed by atoms with E-state index in [1.54, 1.807) is 7.11 Å². The number of hydrogen-bond acceptors (Lipinski definition) is 4. The van der Waals surface area contributed by atoms with Crippen molar-refractivity contribution in [1.29, 1.82) is 0 Å². The summed E-state index contributed by atoms with van der Waals surface area (Å²) in [5.41, 5.74) is 0.387. The number of amides is 1. The average molecular weight is 345 g/mol. The van der Waals surface area contributed by atoms with Crippen LogP contribution in [-0.2, 0) is 4.74 Å². The Morgan fingerprint density at radius 1 is 1.30 bits per heavy atom. The second-order valence-corrected chi connectivity index (χ2v) is 6.12. The molecule has 0 atom stereocenters. The lowest BCUT2D eigenvalue weighted by Crippen LogP contribution is -2.35. The number of alkyl carbamates (subject to hydrolysis) is 1. The van der Waals surface area contributed by atoms with Crippen molar-refractivity contribution in [3.63, 3.8) is 0 Å². The van der Waals surface area contributed by atoms with Gasteiger partial charge in [-0.1, -0.05) is 15.9 Å². The van der Waals surface area contributed by atoms with Gasteiger partial charge in [-0.3, -0.25) is 0 Å². The van der Waals surface area contributed by atoms with Crippen molar-refractivity contribution >= 4 is 27.7 Å². The summed E-state index contributed by atoms with van der Waals surface area (Å²) < 4.78 is 11.4. The minimum atomic E-state index is -0.481. The van der Waals surface area contributed by atoms with Gasteiger partial charge >= 0.3 is 6.09 Å². The van der Waals surface area contributed by atoms with Gasteiger partial charge in [-0.15, -0.1) is 0 Å². The first-order chi connectivity index (χ1) is 9.31. The lowest BCUT2D eigenvalue weighted by molar-refractivity contribution is 0.0530. The van der Waals surface area contributed by atoms with E-state index in [1.165, 1.54) is 0 Å². The maximum Gasteiger partial charge on any atom is 0.407 e. The lowest BCUT2D eigenvalue weighted by Gasteiger charge is -2.19. The molecular weight excluding hydrogens is 324 g/mol. The molecule has 0 aromatic heterocycles. The Morgan fingerprint density at radius 2 is 2.00 bits per heavy atom. The normalized spacial score (nSPS) is 10.8. The topological polar surface area (TPSA) is 59.6 Å². The lowest BCUT2D eigenvalue weighted by atomic mass is 10.2. The molecule has 0 saturated heterocycles. The summed E-state index contributed by atoms with van der Waals surface area (Å²) in [5, 5.41) is 5.88. The average Bonchev–Trinajstić information content (AvgIpc) is 2.33. The Kier molecular flexibility index (Phi) is 6.13. The van der Waals surface area contributed by atoms with Crippen LogP contribution in [0.3, 0.4) is 0 Å². The molecule has 0 spiro atoms. The second kappa shape index (κ2) is 7.38. The fraction of sp³-hybridized carbons (Fsp3) is 0.500. The predicted molar refractivity (Wildman–Crippen MR) is 83.4 cm³/mol. The smallest absolute Gasteiger partial charge is 0.407 e. The van der Waals surface area contributed by atoms with E-state index in [0.29, 0.717) is 13.1 Å². The van der Waals surface area contributed by atoms with Gasteiger partial charge in [-0.05, 0) is 39.0 Å². The molecule has 0 bridgehead atoms. The molecule has 0 heterocycles. The highest BCUT2D eigenvalue weighted by atomic mass is 79.9. The van der Waals surface area contributed by atoms with Crippen molar-refractivity contribution in [1.82, 2.24) is 5.32 Å². The maximum atomic E-state index is 11.5. The molecular formula is C14H21BrN2O3. The first-order valence-corrected chi connectivity index (χ1v) is 7.15. The zero-order valence-corrected chi connectivity index (χ0v) is 13.8. The van der Waals surface area contributed by atoms with Crippen LogP contribution in [0.4, 0.5) is 10.5 Å². The van der Waals surface area contributed by atoms with Crippen LogP contribution in [0, 0.1) is 0 Å². The first-order valence-electron chi connectivity index (χ1n) is 6.36. The molecule has 1 amide bonds. The first kappa shape index (κ1) is 16.6. The third-order valence-electron chi connectivity index (χ3n) is 2.27. The molecule has 0 radical (unpaired) electrons. The number of anilines is 1. The summed E-state index contributed by atoms with van der Waals surface area (Å²) in [5.74, 6) is 0.755. The Bertz CT molecular complexity index is 458. The van der Waals surface area contributed by atoms with Crippen molar-refractivity contribution in [2.75, 3.05) is 25.5 Å². The molecule has 20 heavy (non-hydrogen) atoms. The van der Waals surface area contributed by atoms with E-state index in [1.807, 2.05) is 39.0 Å². The molecule has 0 aliphatic rings. The van der Waals surface area contributed by atoms with Crippen LogP contribution in [0.15, 0.2) is 22.7 Å². The molecule has 0 unspecified atom stereocenters. The van der Waals surface area contributed by atoms with Gasteiger partial charge in [0.1, 0.15) is 11.4 Å². The zero-order valence-electron chi connectivity index (χ0n) is 12.2. The largest absolute Gasteiger partial charge is 0.495 e. The summed E-state index contributed by atoms with van der Waals surface area (Å²) in [6, 6.07) is 5.70. The van der Waals surface area contributed by atoms with E-state index in [2.05, 4.69) is 26.6 Å². The number of carbonyl (C=O) groups is 1. The van der Waals surface area contributed by atoms with Crippen molar-refractivity contribution < 1.29 is 14.3 Å². The standard InChI is InChI=1S/C14H21BrN2O3/c1-14(2,3)20-13(18)17-8-7-16-11-9-10(15)5-6-12(11)19-4/h5-6,9,16H,7-8H2,1-4H3,(H,17,18). The maximum absolute atomic E-state index is 11.5. The van der Waals surface area contributed by atoms with E-state index in [9.17, 15) is 4.79 Å². The zero-order chi connectivity index (χ0) is 15.2. The minimum Gasteiger partial charge on any atom is -0.495 e. The van der Waals surface area contributed by atoms with Gasteiger partial charge in [0.2, 0.25) is 0 Å². The summed E-state index contributed by atoms with van der Waals surface area (Å²) in [4.78, 5) is 11.5. The summed E-state index contributed by atoms with van der Waals surface area (Å²) >= 11 is 3.41. The number of nitrogens with one attached hydrogen (secondary N) is 2. The molecule has 1 aromatic carbocycles. The van der Waals surface area contributed by atoms with Crippen LogP contribution in [-0.4, -0.2) is 31.9 Å². The number of hydrogen-bond donors (Lipinski definition) is 2. The van der Waals surface area contributed by atoms with E-state index < -0.39 is 11.7 Å². The van der Waals surface area contributed by atoms with Crippen LogP contribution in [0.1, 0.15) is 20.8 Å². The van der Waals surface area contributed by atoms with Crippen molar-refractivity contribution in [3.8, 4) is 5.75 Å². The van der Waals surface area contributed by atoms with Crippen molar-refractivity contribution in [3.05, 3.63) is 22.7 Å². The van der Waals surface area contributed by atoms with Gasteiger partial charge in [0.15, 0.2) is 0 Å². The highest BCUT2D eigenvalue weighted by Gasteiger charge is 2.15. The Hall–Kier alpha value is -1.43. The Labute approximate surface area is 128 Å². The molecule has 0 aliphatic carbocycles. The number of methoxy groups -OCH3 is 1. The molecule has 112 valence electrons. The molecule has 1 rings (SSSR count). The fourth-order valence-corrected chi connectivity index (χ4v) is 1.86. The van der Waals surface area contributed by atoms with E-state index >= 15 is 0 Å². The number of benzene rings is 1. The van der Waals surface area contributed by atoms with Crippen LogP contribution in [0.2, 0.25) is 0 Å². The minimum absolute atomic E-state index is 0.416. The molecule has 0 saturated carbocycles. The highest BCUT2D eigenvalue weighted by Crippen LogP contribution is 2.27. The van der Waals surface area contributed by atoms with Crippen LogP contribution < -0.4 is 15.4 Å². The van der Waals surface area contributed by atoms with Crippen LogP contribution in [0.25, 0.3) is 0 Å². The van der Waals surface area contributed by atoms with Crippen molar-refractivity contribution in [2.45, 2.75) is 26.4 Å². The van der Waals surface area contributed by atoms with Crippen molar-refractivity contribution in [2.24, 2.45) is 0 Å². The Balaban J connectivity index is 2.38. The van der Waals surface area contributed by atoms with Gasteiger partial charge < -0.3 is 20.1 Å². The second-order valence-electron chi connectivity index (χ2n) is 5.20. The van der Waals surface area contributed by atoms with Crippen LogP contribution in [0.5, 0.6) is 5.75 Å². The van der Waals surface area contributed by atoms with E-state index in [0.717, 1.165) is 15.9 Å². The SMILES string of the molecule is COc1ccc(Br)cc1NCCNC(=O)OC(C)(C)C. The molecule has 0 aliphatic heterocycles. The fourth-order valence-electron chi connectivity index (χ4n) is 1.49. The predicted octanol–water partition coefficient (Wildman–Crippen LogP) is 3.39. The van der Waals surface area contributed by atoms with Gasteiger partial charge in [0, 0.05) is 17.6 Å². The third kappa shape index (κ3) is 6.14. The molecule has 5 nitrogen and oxygen atoms in total. The number of carbonyl (C=O) groups excluding carboxylic acids is 1. The van der Waals surface area contributed by atoms with E-state index in [4.69, 9.17) is 9.47 Å². The van der Waals surface area contributed by atoms with Gasteiger partial charge in [-0.2, -0.15) is 0 Å². The summed E-state index contributed by atoms with van der Waals surface area (Å²) in [6.07, 6.45) is -0.416. The summed E-state index contributed by atoms with van der Waals surface area (Å²) in [6.45, 7) is 6.53. The number of ether oxygens (including phenoxy) is 2. The summed E-state index contributed by atoms with van der Waals surface area (Å²) in [7, 11) is 1.62. The number of rotatable bonds is 5. The molecule has 2 N–H and O–H groups in total. The number of halogens is 1. The van der Waals surface area contributed by atoms with Gasteiger partial charge in [0.05, 0.1) is 12.8 Å². The quantitative estimate of drug-likeness (QED) is 0.803. The molecule has 1 aromatic rings. The molecule has 6 heteroatoms. The van der Waals surface area contributed by atoms with Gasteiger partial charge in [0.25, 0.3) is 0 Å². The van der Waals surface area contributed by atoms with Crippen LogP contribution >= 0.6 is 15.9 Å². The van der Waals surface area contributed by atoms with Gasteiger partial charge in [-0.25, -0.2) is 4.79 Å². The van der Waals surface area contributed by atoms with E-state index in [-0.39, 0.29) is 0 Å². The monoisotopic (exact) mass is 344 g/mol.